The zero-order chi connectivity index (χ0) is 13.6. The Balaban J connectivity index is 1.98. The number of hydrogen-bond acceptors (Lipinski definition) is 5. The van der Waals surface area contributed by atoms with E-state index in [0.29, 0.717) is 32.6 Å². The first kappa shape index (κ1) is 13.6. The lowest BCUT2D eigenvalue weighted by Gasteiger charge is -2.48. The first-order valence-corrected chi connectivity index (χ1v) is 6.35. The minimum absolute atomic E-state index is 0.347. The number of rotatable bonds is 1. The number of nitrogens with zero attached hydrogens (tertiary/aromatic N) is 1. The molecule has 0 radical (unpaired) electrons. The average Bonchev–Trinajstić information content (AvgIpc) is 2.56. The van der Waals surface area contributed by atoms with Gasteiger partial charge in [-0.3, -0.25) is 0 Å². The van der Waals surface area contributed by atoms with Crippen LogP contribution in [0.5, 0.6) is 0 Å². The molecule has 0 spiro atoms. The summed E-state index contributed by atoms with van der Waals surface area (Å²) in [6.45, 7) is 7.37. The summed E-state index contributed by atoms with van der Waals surface area (Å²) in [5, 5.41) is 13.4. The third-order valence-electron chi connectivity index (χ3n) is 3.71. The lowest BCUT2D eigenvalue weighted by molar-refractivity contribution is -0.0726. The van der Waals surface area contributed by atoms with Crippen molar-refractivity contribution < 1.29 is 14.6 Å². The molecular formula is C12H23N3O3. The fraction of sp³-hybridized carbons (Fsp3) is 0.917. The lowest BCUT2D eigenvalue weighted by Crippen LogP contribution is -2.76. The third kappa shape index (κ3) is 2.32. The maximum absolute atomic E-state index is 11.9. The normalized spacial score (nSPS) is 31.1. The number of nitrogens with one attached hydrogen (secondary N) is 1. The molecule has 6 nitrogen and oxygen atoms in total. The predicted molar refractivity (Wildman–Crippen MR) is 67.2 cm³/mol. The van der Waals surface area contributed by atoms with Crippen molar-refractivity contribution >= 4 is 6.09 Å². The minimum Gasteiger partial charge on any atom is -0.444 e. The van der Waals surface area contributed by atoms with E-state index in [2.05, 4.69) is 5.32 Å². The number of carbonyl (C=O) groups excluding carboxylic acids is 1. The molecule has 0 bridgehead atoms. The van der Waals surface area contributed by atoms with E-state index in [4.69, 9.17) is 10.5 Å². The van der Waals surface area contributed by atoms with Gasteiger partial charge in [0.1, 0.15) is 11.2 Å². The van der Waals surface area contributed by atoms with Crippen LogP contribution < -0.4 is 11.1 Å². The second kappa shape index (κ2) is 4.08. The van der Waals surface area contributed by atoms with Crippen molar-refractivity contribution in [3.63, 3.8) is 0 Å². The molecule has 4 N–H and O–H groups in total. The SMILES string of the molecule is CC(C)(C)OC(=O)N1CCC(N)(C2(O)CNC2)C1. The molecule has 2 fully saturated rings. The summed E-state index contributed by atoms with van der Waals surface area (Å²) >= 11 is 0. The predicted octanol–water partition coefficient (Wildman–Crippen LogP) is -0.341. The van der Waals surface area contributed by atoms with Crippen LogP contribution in [0.4, 0.5) is 4.79 Å². The van der Waals surface area contributed by atoms with Crippen molar-refractivity contribution in [2.75, 3.05) is 26.2 Å². The topological polar surface area (TPSA) is 87.8 Å². The van der Waals surface area contributed by atoms with E-state index in [9.17, 15) is 9.90 Å². The highest BCUT2D eigenvalue weighted by atomic mass is 16.6. The van der Waals surface area contributed by atoms with Crippen LogP contribution in [0, 0.1) is 0 Å². The fourth-order valence-electron chi connectivity index (χ4n) is 2.41. The highest BCUT2D eigenvalue weighted by Gasteiger charge is 2.55. The number of β-amino-alcohol motifs (C(OH)–C–C–N with tert-alkyl or cyclic N) is 1. The van der Waals surface area contributed by atoms with Gasteiger partial charge in [0.05, 0.1) is 5.54 Å². The van der Waals surface area contributed by atoms with Crippen molar-refractivity contribution in [3.8, 4) is 0 Å². The van der Waals surface area contributed by atoms with E-state index in [0.717, 1.165) is 0 Å². The summed E-state index contributed by atoms with van der Waals surface area (Å²) in [5.74, 6) is 0. The highest BCUT2D eigenvalue weighted by molar-refractivity contribution is 5.68. The molecule has 2 aliphatic heterocycles. The van der Waals surface area contributed by atoms with Gasteiger partial charge >= 0.3 is 6.09 Å². The zero-order valence-electron chi connectivity index (χ0n) is 11.3. The molecule has 0 aromatic carbocycles. The Kier molecular flexibility index (Phi) is 3.08. The Hall–Kier alpha value is -0.850. The number of ether oxygens (including phenoxy) is 1. The fourth-order valence-corrected chi connectivity index (χ4v) is 2.41. The van der Waals surface area contributed by atoms with E-state index >= 15 is 0 Å². The van der Waals surface area contributed by atoms with E-state index in [1.54, 1.807) is 4.90 Å². The van der Waals surface area contributed by atoms with Crippen LogP contribution in [0.1, 0.15) is 27.2 Å². The van der Waals surface area contributed by atoms with E-state index < -0.39 is 16.7 Å². The molecule has 2 heterocycles. The molecule has 18 heavy (non-hydrogen) atoms. The summed E-state index contributed by atoms with van der Waals surface area (Å²) in [7, 11) is 0. The number of aliphatic hydroxyl groups is 1. The number of likely N-dealkylation sites (tertiary alicyclic amines) is 1. The van der Waals surface area contributed by atoms with Crippen molar-refractivity contribution in [1.29, 1.82) is 0 Å². The maximum atomic E-state index is 11.9. The van der Waals surface area contributed by atoms with Gasteiger partial charge in [0.15, 0.2) is 0 Å². The summed E-state index contributed by atoms with van der Waals surface area (Å²) in [5.41, 5.74) is 4.12. The van der Waals surface area contributed by atoms with Crippen molar-refractivity contribution in [2.24, 2.45) is 5.73 Å². The Morgan fingerprint density at radius 3 is 2.50 bits per heavy atom. The quantitative estimate of drug-likeness (QED) is 0.598. The Labute approximate surface area is 107 Å². The van der Waals surface area contributed by atoms with Crippen LogP contribution in [0.2, 0.25) is 0 Å². The largest absolute Gasteiger partial charge is 0.444 e. The summed E-state index contributed by atoms with van der Waals surface area (Å²) in [6, 6.07) is 0. The van der Waals surface area contributed by atoms with Crippen LogP contribution in [-0.2, 0) is 4.74 Å². The molecule has 6 heteroatoms. The van der Waals surface area contributed by atoms with Crippen molar-refractivity contribution in [1.82, 2.24) is 10.2 Å². The molecule has 1 amide bonds. The molecule has 2 saturated heterocycles. The van der Waals surface area contributed by atoms with Gasteiger partial charge in [0, 0.05) is 26.2 Å². The molecule has 0 aromatic heterocycles. The van der Waals surface area contributed by atoms with Gasteiger partial charge in [0.25, 0.3) is 0 Å². The van der Waals surface area contributed by atoms with Crippen LogP contribution in [0.15, 0.2) is 0 Å². The second-order valence-corrected chi connectivity index (χ2v) is 6.44. The van der Waals surface area contributed by atoms with Gasteiger partial charge in [0.2, 0.25) is 0 Å². The van der Waals surface area contributed by atoms with Crippen LogP contribution >= 0.6 is 0 Å². The standard InChI is InChI=1S/C12H23N3O3/c1-10(2,3)18-9(16)15-5-4-11(13,8-15)12(17)6-14-7-12/h14,17H,4-8,13H2,1-3H3. The molecule has 0 aromatic rings. The lowest BCUT2D eigenvalue weighted by atomic mass is 9.75. The van der Waals surface area contributed by atoms with Gasteiger partial charge in [-0.15, -0.1) is 0 Å². The van der Waals surface area contributed by atoms with Gasteiger partial charge in [-0.25, -0.2) is 4.79 Å². The van der Waals surface area contributed by atoms with Crippen molar-refractivity contribution in [2.45, 2.75) is 43.9 Å². The second-order valence-electron chi connectivity index (χ2n) is 6.44. The van der Waals surface area contributed by atoms with E-state index in [1.165, 1.54) is 0 Å². The molecular weight excluding hydrogens is 234 g/mol. The Bertz CT molecular complexity index is 349. The Morgan fingerprint density at radius 1 is 1.44 bits per heavy atom. The number of nitrogens with two attached hydrogens (primary N) is 1. The average molecular weight is 257 g/mol. The van der Waals surface area contributed by atoms with E-state index in [1.807, 2.05) is 20.8 Å². The molecule has 1 unspecified atom stereocenters. The third-order valence-corrected chi connectivity index (χ3v) is 3.71. The number of hydrogen-bond donors (Lipinski definition) is 3. The first-order chi connectivity index (χ1) is 8.15. The maximum Gasteiger partial charge on any atom is 0.410 e. The molecule has 2 aliphatic rings. The molecule has 0 saturated carbocycles. The van der Waals surface area contributed by atoms with Gasteiger partial charge in [-0.2, -0.15) is 0 Å². The zero-order valence-corrected chi connectivity index (χ0v) is 11.3. The molecule has 2 rings (SSSR count). The molecule has 104 valence electrons. The van der Waals surface area contributed by atoms with Gasteiger partial charge in [-0.1, -0.05) is 0 Å². The summed E-state index contributed by atoms with van der Waals surface area (Å²) in [6.07, 6.45) is 0.246. The van der Waals surface area contributed by atoms with Crippen LogP contribution in [0.3, 0.4) is 0 Å². The molecule has 0 aliphatic carbocycles. The Morgan fingerprint density at radius 2 is 2.06 bits per heavy atom. The van der Waals surface area contributed by atoms with E-state index in [-0.39, 0.29) is 6.09 Å². The minimum atomic E-state index is -0.899. The van der Waals surface area contributed by atoms with Gasteiger partial charge in [-0.05, 0) is 27.2 Å². The van der Waals surface area contributed by atoms with Crippen LogP contribution in [-0.4, -0.2) is 59.0 Å². The van der Waals surface area contributed by atoms with Crippen LogP contribution in [0.25, 0.3) is 0 Å². The van der Waals surface area contributed by atoms with Crippen molar-refractivity contribution in [3.05, 3.63) is 0 Å². The smallest absolute Gasteiger partial charge is 0.410 e. The number of amides is 1. The number of carbonyl (C=O) groups is 1. The first-order valence-electron chi connectivity index (χ1n) is 6.35. The van der Waals surface area contributed by atoms with Gasteiger partial charge < -0.3 is 25.8 Å². The monoisotopic (exact) mass is 257 g/mol. The molecule has 1 atom stereocenters. The summed E-state index contributed by atoms with van der Waals surface area (Å²) in [4.78, 5) is 13.5. The summed E-state index contributed by atoms with van der Waals surface area (Å²) < 4.78 is 5.31. The highest BCUT2D eigenvalue weighted by Crippen LogP contribution is 2.33.